The number of fused-ring (bicyclic) bond motifs is 16. The van der Waals surface area contributed by atoms with E-state index in [1.165, 1.54) is 30.3 Å². The van der Waals surface area contributed by atoms with Crippen LogP contribution in [0.3, 0.4) is 0 Å². The first-order valence-electron chi connectivity index (χ1n) is 24.3. The average Bonchev–Trinajstić information content (AvgIpc) is 4.27. The molecule has 0 radical (unpaired) electrons. The number of aromatic amines is 2. The summed E-state index contributed by atoms with van der Waals surface area (Å²) in [5.74, 6) is -1.33. The molecule has 0 saturated carbocycles. The molecule has 2 aromatic heterocycles. The van der Waals surface area contributed by atoms with E-state index in [9.17, 15) is 34.5 Å². The fourth-order valence-corrected chi connectivity index (χ4v) is 11.2. The van der Waals surface area contributed by atoms with Gasteiger partial charge < -0.3 is 25.3 Å². The first-order chi connectivity index (χ1) is 37.5. The van der Waals surface area contributed by atoms with E-state index in [2.05, 4.69) is 24.9 Å². The smallest absolute Gasteiger partial charge is 0.218 e. The van der Waals surface area contributed by atoms with Crippen molar-refractivity contribution in [3.63, 3.8) is 0 Å². The molecule has 0 atom stereocenters. The number of aliphatic hydroxyl groups excluding tert-OH is 3. The van der Waals surface area contributed by atoms with Gasteiger partial charge in [0.25, 0.3) is 0 Å². The van der Waals surface area contributed by atoms with E-state index < -0.39 is 50.3 Å². The Morgan fingerprint density at radius 2 is 0.545 bits per heavy atom. The second kappa shape index (κ2) is 16.5. The van der Waals surface area contributed by atoms with Gasteiger partial charge in [-0.25, -0.2) is 15.0 Å². The SMILES string of the molecule is O=c1c2ccccc2c(=O)c2c1c(N=C(O)c1ccccc1)cc1c3ccc4c(=O)c5c(N=C(O)c6ccccc6)cc6c7cc(N=C(O)c8ccccc8)c8c(=O)c9ccccc9c(=O)c8c7[nH]c6c5c(=O)c4c3[nH]c12. The van der Waals surface area contributed by atoms with Crippen molar-refractivity contribution in [1.29, 1.82) is 0 Å². The van der Waals surface area contributed by atoms with Gasteiger partial charge in [0.05, 0.1) is 76.8 Å². The largest absolute Gasteiger partial charge is 0.493 e. The van der Waals surface area contributed by atoms with E-state index in [4.69, 9.17) is 0 Å². The molecule has 5 N–H and O–H groups in total. The fraction of sp³-hybridized carbons (Fsp3) is 0. The van der Waals surface area contributed by atoms with Crippen LogP contribution in [0, 0.1) is 0 Å². The Bertz CT molecular complexity index is 5440. The van der Waals surface area contributed by atoms with Gasteiger partial charge in [0.1, 0.15) is 0 Å². The predicted molar refractivity (Wildman–Crippen MR) is 307 cm³/mol. The molecule has 0 unspecified atom stereocenters. The molecule has 14 rings (SSSR count). The number of hydrogen-bond donors (Lipinski definition) is 5. The molecule has 364 valence electrons. The Morgan fingerprint density at radius 1 is 0.273 bits per heavy atom. The Morgan fingerprint density at radius 3 is 0.909 bits per heavy atom. The van der Waals surface area contributed by atoms with Crippen LogP contribution in [-0.2, 0) is 0 Å². The van der Waals surface area contributed by atoms with Gasteiger partial charge in [-0.3, -0.25) is 28.8 Å². The van der Waals surface area contributed by atoms with E-state index in [0.717, 1.165) is 0 Å². The fourth-order valence-electron chi connectivity index (χ4n) is 11.2. The van der Waals surface area contributed by atoms with Crippen molar-refractivity contribution in [2.24, 2.45) is 15.0 Å². The van der Waals surface area contributed by atoms with Crippen molar-refractivity contribution >= 4 is 143 Å². The predicted octanol–water partition coefficient (Wildman–Crippen LogP) is 11.3. The normalized spacial score (nSPS) is 12.9. The summed E-state index contributed by atoms with van der Waals surface area (Å²) in [4.78, 5) is 110. The summed E-state index contributed by atoms with van der Waals surface area (Å²) in [6.07, 6.45) is 0. The van der Waals surface area contributed by atoms with Crippen LogP contribution in [0.1, 0.15) is 16.7 Å². The summed E-state index contributed by atoms with van der Waals surface area (Å²) in [5.41, 5.74) is -2.07. The summed E-state index contributed by atoms with van der Waals surface area (Å²) >= 11 is 0. The molecule has 0 aliphatic heterocycles. The van der Waals surface area contributed by atoms with Crippen LogP contribution in [0.15, 0.2) is 214 Å². The summed E-state index contributed by atoms with van der Waals surface area (Å²) in [6.45, 7) is 0. The van der Waals surface area contributed by atoms with Gasteiger partial charge in [0.2, 0.25) is 17.7 Å². The van der Waals surface area contributed by atoms with E-state index >= 15 is 9.59 Å². The highest BCUT2D eigenvalue weighted by molar-refractivity contribution is 6.31. The highest BCUT2D eigenvalue weighted by Crippen LogP contribution is 2.42. The number of aliphatic hydroxyl groups is 3. The van der Waals surface area contributed by atoms with Crippen molar-refractivity contribution in [3.8, 4) is 0 Å². The number of aliphatic imine (C=N–C) groups is 3. The second-order valence-corrected chi connectivity index (χ2v) is 18.8. The minimum Gasteiger partial charge on any atom is -0.493 e. The lowest BCUT2D eigenvalue weighted by Gasteiger charge is -2.08. The molecular weight excluding hydrogens is 971 g/mol. The highest BCUT2D eigenvalue weighted by atomic mass is 16.3. The van der Waals surface area contributed by atoms with Crippen molar-refractivity contribution in [1.82, 2.24) is 9.97 Å². The molecule has 14 nitrogen and oxygen atoms in total. The average molecular weight is 1000 g/mol. The van der Waals surface area contributed by atoms with Crippen LogP contribution in [0.5, 0.6) is 0 Å². The molecule has 0 spiro atoms. The lowest BCUT2D eigenvalue weighted by molar-refractivity contribution is 0.554. The molecule has 2 heterocycles. The summed E-state index contributed by atoms with van der Waals surface area (Å²) in [6, 6.07) is 45.8. The van der Waals surface area contributed by atoms with E-state index in [-0.39, 0.29) is 115 Å². The van der Waals surface area contributed by atoms with Crippen molar-refractivity contribution in [3.05, 3.63) is 248 Å². The number of aromatic nitrogens is 2. The zero-order valence-corrected chi connectivity index (χ0v) is 39.8. The Labute approximate surface area is 429 Å². The molecule has 0 saturated heterocycles. The number of rotatable bonds is 6. The maximum Gasteiger partial charge on any atom is 0.218 e. The molecule has 14 aromatic rings. The molecule has 77 heavy (non-hydrogen) atoms. The maximum atomic E-state index is 16.0. The van der Waals surface area contributed by atoms with E-state index in [1.54, 1.807) is 140 Å². The molecule has 0 fully saturated rings. The van der Waals surface area contributed by atoms with Crippen LogP contribution in [0.4, 0.5) is 17.1 Å². The number of hydrogen-bond acceptors (Lipinski definition) is 9. The maximum absolute atomic E-state index is 16.0. The Kier molecular flexibility index (Phi) is 9.58. The number of H-pyrrole nitrogens is 2. The highest BCUT2D eigenvalue weighted by Gasteiger charge is 2.27. The summed E-state index contributed by atoms with van der Waals surface area (Å²) < 4.78 is 0. The molecule has 12 aromatic carbocycles. The first kappa shape index (κ1) is 44.7. The molecule has 0 aliphatic rings. The lowest BCUT2D eigenvalue weighted by Crippen LogP contribution is -2.14. The topological polar surface area (TPSA) is 232 Å². The van der Waals surface area contributed by atoms with Gasteiger partial charge in [0.15, 0.2) is 32.6 Å². The zero-order chi connectivity index (χ0) is 52.5. The number of benzene rings is 12. The Hall–Kier alpha value is -11.0. The van der Waals surface area contributed by atoms with Gasteiger partial charge in [-0.1, -0.05) is 109 Å². The van der Waals surface area contributed by atoms with E-state index in [0.29, 0.717) is 27.5 Å². The first-order valence-corrected chi connectivity index (χ1v) is 24.3. The zero-order valence-electron chi connectivity index (χ0n) is 39.8. The Balaban J connectivity index is 1.16. The van der Waals surface area contributed by atoms with Gasteiger partial charge in [0, 0.05) is 65.2 Å². The third kappa shape index (κ3) is 6.45. The van der Waals surface area contributed by atoms with Gasteiger partial charge in [-0.2, -0.15) is 0 Å². The van der Waals surface area contributed by atoms with Crippen LogP contribution < -0.4 is 32.6 Å². The van der Waals surface area contributed by atoms with Crippen molar-refractivity contribution in [2.75, 3.05) is 0 Å². The van der Waals surface area contributed by atoms with Gasteiger partial charge in [-0.15, -0.1) is 0 Å². The standard InChI is InChI=1S/C63H33N5O9/c69-55-33-20-10-12-22-35(33)57(71)48-45(55)41(64-61(75)29-14-4-1-5-15-29)26-38-32-24-25-37-44(51(32)67-52(38)48)60(74)50-47(59(37)73)43(66-63(77)31-18-8-3-9-19-31)28-40-39-27-42(65-62(76)30-16-6-2-7-17-30)46-49(53(39)68-54(40)50)58(72)36-23-13-11-21-34(36)56(46)70/h1-28,67-68H,(H,64,75)(H,65,76)(H,66,77). The number of nitrogens with one attached hydrogen (secondary N) is 2. The number of nitrogens with zero attached hydrogens (tertiary/aromatic N) is 3. The molecule has 0 aliphatic carbocycles. The minimum atomic E-state index is -0.692. The quantitative estimate of drug-likeness (QED) is 0.0605. The lowest BCUT2D eigenvalue weighted by atomic mass is 9.95. The minimum absolute atomic E-state index is 0.00615. The second-order valence-electron chi connectivity index (χ2n) is 18.8. The van der Waals surface area contributed by atoms with Crippen LogP contribution in [0.2, 0.25) is 0 Å². The van der Waals surface area contributed by atoms with Gasteiger partial charge in [-0.05, 0) is 60.7 Å². The van der Waals surface area contributed by atoms with E-state index in [1.807, 2.05) is 0 Å². The van der Waals surface area contributed by atoms with Crippen molar-refractivity contribution in [2.45, 2.75) is 0 Å². The molecule has 0 amide bonds. The van der Waals surface area contributed by atoms with Crippen LogP contribution in [-0.4, -0.2) is 43.0 Å². The molecule has 0 bridgehead atoms. The third-order valence-corrected chi connectivity index (χ3v) is 14.6. The monoisotopic (exact) mass is 1000 g/mol. The molecule has 14 heteroatoms. The molecular formula is C63H33N5O9. The summed E-state index contributed by atoms with van der Waals surface area (Å²) in [7, 11) is 0. The van der Waals surface area contributed by atoms with Crippen molar-refractivity contribution < 1.29 is 15.3 Å². The van der Waals surface area contributed by atoms with Crippen LogP contribution >= 0.6 is 0 Å². The van der Waals surface area contributed by atoms with Crippen LogP contribution in [0.25, 0.3) is 108 Å². The summed E-state index contributed by atoms with van der Waals surface area (Å²) in [5, 5.41) is 35.5. The third-order valence-electron chi connectivity index (χ3n) is 14.6. The van der Waals surface area contributed by atoms with Gasteiger partial charge >= 0.3 is 0 Å².